The number of hydrogen-bond acceptors (Lipinski definition) is 9. The van der Waals surface area contributed by atoms with E-state index in [1.807, 2.05) is 18.2 Å². The number of aliphatic hydroxyl groups is 1. The standard InChI is InChI=1S/C38H43N9O4/c1-6-7-33(49)41-28-19-25(8-9-30(28)45-14-12-43(4)13-15-45)40-34-37(51)44(5)22-29(42-34)26-10-11-39-35(27(26)23-48)47-17-16-46-31(36(47)50)18-24-20-38(2,3)21-32(24)46/h8-11,18-19,22,48H,12-17,20-21,23H2,1-5H3,(H,40,42)(H,41,49). The average Bonchev–Trinajstić information content (AvgIpc) is 3.59. The summed E-state index contributed by atoms with van der Waals surface area (Å²) in [7, 11) is 3.71. The van der Waals surface area contributed by atoms with Gasteiger partial charge in [-0.3, -0.25) is 19.3 Å². The van der Waals surface area contributed by atoms with Crippen LogP contribution in [-0.4, -0.2) is 80.7 Å². The number of carbonyl (C=O) groups excluding carboxylic acids is 2. The Kier molecular flexibility index (Phi) is 8.91. The number of fused-ring (bicyclic) bond motifs is 3. The van der Waals surface area contributed by atoms with E-state index in [0.29, 0.717) is 52.8 Å². The van der Waals surface area contributed by atoms with Crippen molar-refractivity contribution in [2.75, 3.05) is 60.2 Å². The lowest BCUT2D eigenvalue weighted by atomic mass is 9.90. The molecule has 13 nitrogen and oxygen atoms in total. The molecule has 0 radical (unpaired) electrons. The third kappa shape index (κ3) is 6.48. The number of carbonyl (C=O) groups is 2. The zero-order valence-corrected chi connectivity index (χ0v) is 29.7. The van der Waals surface area contributed by atoms with E-state index in [1.54, 1.807) is 43.4 Å². The zero-order valence-electron chi connectivity index (χ0n) is 29.7. The summed E-state index contributed by atoms with van der Waals surface area (Å²) in [6, 6.07) is 9.28. The molecule has 0 unspecified atom stereocenters. The summed E-state index contributed by atoms with van der Waals surface area (Å²) in [6.07, 6.45) is 5.07. The van der Waals surface area contributed by atoms with Crippen LogP contribution in [0.25, 0.3) is 11.3 Å². The van der Waals surface area contributed by atoms with Gasteiger partial charge in [0.15, 0.2) is 5.82 Å². The van der Waals surface area contributed by atoms with Crippen molar-refractivity contribution in [3.8, 4) is 23.1 Å². The first-order valence-electron chi connectivity index (χ1n) is 17.2. The van der Waals surface area contributed by atoms with Crippen LogP contribution < -0.4 is 26.0 Å². The van der Waals surface area contributed by atoms with Crippen LogP contribution in [0.3, 0.4) is 0 Å². The van der Waals surface area contributed by atoms with E-state index in [4.69, 9.17) is 4.98 Å². The molecule has 0 atom stereocenters. The molecule has 3 aliphatic rings. The maximum Gasteiger partial charge on any atom is 0.300 e. The normalized spacial score (nSPS) is 16.7. The Morgan fingerprint density at radius 3 is 2.55 bits per heavy atom. The monoisotopic (exact) mass is 689 g/mol. The molecule has 4 aromatic rings. The summed E-state index contributed by atoms with van der Waals surface area (Å²) in [5, 5.41) is 16.8. The highest BCUT2D eigenvalue weighted by Gasteiger charge is 2.37. The predicted octanol–water partition coefficient (Wildman–Crippen LogP) is 3.38. The molecule has 7 rings (SSSR count). The lowest BCUT2D eigenvalue weighted by Crippen LogP contribution is -2.44. The first kappa shape index (κ1) is 34.0. The Morgan fingerprint density at radius 1 is 1.02 bits per heavy atom. The third-order valence-electron chi connectivity index (χ3n) is 10.0. The van der Waals surface area contributed by atoms with Crippen LogP contribution in [0.5, 0.6) is 0 Å². The van der Waals surface area contributed by atoms with Crippen molar-refractivity contribution in [3.63, 3.8) is 0 Å². The maximum absolute atomic E-state index is 13.9. The molecule has 5 heterocycles. The van der Waals surface area contributed by atoms with Gasteiger partial charge in [0.1, 0.15) is 11.5 Å². The molecule has 13 heteroatoms. The van der Waals surface area contributed by atoms with E-state index in [2.05, 4.69) is 62.7 Å². The minimum Gasteiger partial charge on any atom is -0.392 e. The quantitative estimate of drug-likeness (QED) is 0.249. The molecular weight excluding hydrogens is 646 g/mol. The van der Waals surface area contributed by atoms with Gasteiger partial charge in [0, 0.05) is 81.2 Å². The number of pyridine rings is 1. The van der Waals surface area contributed by atoms with Gasteiger partial charge in [0.05, 0.1) is 23.7 Å². The van der Waals surface area contributed by atoms with Crippen molar-refractivity contribution in [1.82, 2.24) is 24.0 Å². The SMILES string of the molecule is CC#CC(=O)Nc1cc(Nc2nc(-c3ccnc(N4CCn5c(cc6c5CC(C)(C)C6)C4=O)c3CO)cn(C)c2=O)ccc1N1CCN(C)CC1. The van der Waals surface area contributed by atoms with Gasteiger partial charge < -0.3 is 34.7 Å². The molecule has 1 saturated heterocycles. The summed E-state index contributed by atoms with van der Waals surface area (Å²) >= 11 is 0. The highest BCUT2D eigenvalue weighted by atomic mass is 16.3. The molecule has 2 amide bonds. The molecule has 51 heavy (non-hydrogen) atoms. The second-order valence-electron chi connectivity index (χ2n) is 14.3. The van der Waals surface area contributed by atoms with Crippen molar-refractivity contribution in [3.05, 3.63) is 75.6 Å². The highest BCUT2D eigenvalue weighted by Crippen LogP contribution is 2.40. The number of likely N-dealkylation sites (N-methyl/N-ethyl adjacent to an activating group) is 1. The minimum absolute atomic E-state index is 0.0551. The minimum atomic E-state index is -0.431. The van der Waals surface area contributed by atoms with Gasteiger partial charge in [0.2, 0.25) is 0 Å². The molecule has 264 valence electrons. The first-order valence-corrected chi connectivity index (χ1v) is 17.2. The van der Waals surface area contributed by atoms with Crippen LogP contribution in [0, 0.1) is 17.3 Å². The fourth-order valence-electron chi connectivity index (χ4n) is 7.48. The molecule has 0 saturated carbocycles. The summed E-state index contributed by atoms with van der Waals surface area (Å²) in [5.41, 5.74) is 6.29. The number of nitrogens with one attached hydrogen (secondary N) is 2. The number of amides is 2. The van der Waals surface area contributed by atoms with Crippen molar-refractivity contribution in [2.45, 2.75) is 46.8 Å². The number of aromatic nitrogens is 4. The summed E-state index contributed by atoms with van der Waals surface area (Å²) in [4.78, 5) is 55.2. The number of hydrogen-bond donors (Lipinski definition) is 3. The van der Waals surface area contributed by atoms with Gasteiger partial charge >= 0.3 is 0 Å². The number of anilines is 5. The number of aliphatic hydroxyl groups excluding tert-OH is 1. The van der Waals surface area contributed by atoms with Crippen LogP contribution in [0.2, 0.25) is 0 Å². The van der Waals surface area contributed by atoms with Gasteiger partial charge in [-0.2, -0.15) is 0 Å². The Bertz CT molecular complexity index is 2170. The molecule has 1 fully saturated rings. The fraction of sp³-hybridized carbons (Fsp3) is 0.395. The zero-order chi connectivity index (χ0) is 36.0. The van der Waals surface area contributed by atoms with E-state index in [0.717, 1.165) is 44.7 Å². The molecule has 3 N–H and O–H groups in total. The number of benzene rings is 1. The average molecular weight is 690 g/mol. The number of aryl methyl sites for hydroxylation is 1. The molecule has 0 bridgehead atoms. The molecular formula is C38H43N9O4. The lowest BCUT2D eigenvalue weighted by Gasteiger charge is -2.35. The Morgan fingerprint density at radius 2 is 1.80 bits per heavy atom. The summed E-state index contributed by atoms with van der Waals surface area (Å²) in [5.74, 6) is 5.01. The molecule has 3 aromatic heterocycles. The van der Waals surface area contributed by atoms with E-state index >= 15 is 0 Å². The number of rotatable bonds is 7. The Labute approximate surface area is 296 Å². The van der Waals surface area contributed by atoms with Gasteiger partial charge in [0.25, 0.3) is 17.4 Å². The maximum atomic E-state index is 13.9. The van der Waals surface area contributed by atoms with E-state index < -0.39 is 12.5 Å². The van der Waals surface area contributed by atoms with Crippen LogP contribution in [0.1, 0.15) is 48.1 Å². The topological polar surface area (TPSA) is 141 Å². The second kappa shape index (κ2) is 13.4. The van der Waals surface area contributed by atoms with Crippen molar-refractivity contribution < 1.29 is 14.7 Å². The van der Waals surface area contributed by atoms with Crippen molar-refractivity contribution in [2.24, 2.45) is 12.5 Å². The third-order valence-corrected chi connectivity index (χ3v) is 10.0. The van der Waals surface area contributed by atoms with Gasteiger partial charge in [-0.25, -0.2) is 9.97 Å². The van der Waals surface area contributed by atoms with E-state index in [9.17, 15) is 19.5 Å². The lowest BCUT2D eigenvalue weighted by molar-refractivity contribution is -0.111. The van der Waals surface area contributed by atoms with E-state index in [-0.39, 0.29) is 22.7 Å². The number of piperazine rings is 1. The molecule has 1 aliphatic carbocycles. The van der Waals surface area contributed by atoms with E-state index in [1.165, 1.54) is 15.8 Å². The smallest absolute Gasteiger partial charge is 0.300 e. The second-order valence-corrected chi connectivity index (χ2v) is 14.3. The summed E-state index contributed by atoms with van der Waals surface area (Å²) < 4.78 is 3.57. The first-order chi connectivity index (χ1) is 24.5. The van der Waals surface area contributed by atoms with Crippen LogP contribution in [-0.2, 0) is 37.8 Å². The van der Waals surface area contributed by atoms with Gasteiger partial charge in [-0.05, 0) is 74.0 Å². The van der Waals surface area contributed by atoms with Crippen LogP contribution in [0.4, 0.5) is 28.7 Å². The molecule has 0 spiro atoms. The Balaban J connectivity index is 1.20. The van der Waals surface area contributed by atoms with Crippen molar-refractivity contribution in [1.29, 1.82) is 0 Å². The van der Waals surface area contributed by atoms with Gasteiger partial charge in [-0.15, -0.1) is 0 Å². The van der Waals surface area contributed by atoms with Gasteiger partial charge in [-0.1, -0.05) is 19.8 Å². The molecule has 1 aromatic carbocycles. The summed E-state index contributed by atoms with van der Waals surface area (Å²) in [6.45, 7) is 10.1. The largest absolute Gasteiger partial charge is 0.392 e. The van der Waals surface area contributed by atoms with Crippen molar-refractivity contribution >= 4 is 40.5 Å². The fourth-order valence-corrected chi connectivity index (χ4v) is 7.48. The molecule has 2 aliphatic heterocycles. The highest BCUT2D eigenvalue weighted by molar-refractivity contribution is 6.07. The number of nitrogens with zero attached hydrogens (tertiary/aromatic N) is 7. The van der Waals surface area contributed by atoms with Crippen LogP contribution >= 0.6 is 0 Å². The predicted molar refractivity (Wildman–Crippen MR) is 197 cm³/mol. The van der Waals surface area contributed by atoms with Crippen LogP contribution in [0.15, 0.2) is 47.5 Å². The Hall–Kier alpha value is -5.45.